The largest absolute Gasteiger partial charge is 0.478 e. The van der Waals surface area contributed by atoms with Crippen LogP contribution in [0.1, 0.15) is 21.7 Å². The Bertz CT molecular complexity index is 461. The molecule has 2 rings (SSSR count). The number of carboxylic acids is 1. The average Bonchev–Trinajstić information content (AvgIpc) is 2.52. The van der Waals surface area contributed by atoms with E-state index in [2.05, 4.69) is 11.1 Å². The van der Waals surface area contributed by atoms with Crippen molar-refractivity contribution in [2.24, 2.45) is 0 Å². The number of nitrogens with zero attached hydrogens (tertiary/aromatic N) is 3. The van der Waals surface area contributed by atoms with E-state index in [1.807, 2.05) is 0 Å². The highest BCUT2D eigenvalue weighted by Crippen LogP contribution is 2.21. The summed E-state index contributed by atoms with van der Waals surface area (Å²) >= 11 is 0. The van der Waals surface area contributed by atoms with E-state index in [4.69, 9.17) is 10.4 Å². The molecule has 5 nitrogen and oxygen atoms in total. The molecule has 6 heteroatoms. The Balaban J connectivity index is 2.47. The van der Waals surface area contributed by atoms with Crippen molar-refractivity contribution < 1.29 is 9.90 Å². The van der Waals surface area contributed by atoms with Gasteiger partial charge in [0.1, 0.15) is 5.56 Å². The van der Waals surface area contributed by atoms with Crippen molar-refractivity contribution in [3.63, 3.8) is 0 Å². The Labute approximate surface area is 87.4 Å². The van der Waals surface area contributed by atoms with Gasteiger partial charge in [-0.05, 0) is 19.6 Å². The molecule has 0 bridgehead atoms. The number of carbonyl (C=O) groups is 1. The van der Waals surface area contributed by atoms with Crippen LogP contribution in [0.25, 0.3) is 0 Å². The topological polar surface area (TPSA) is 78.9 Å². The van der Waals surface area contributed by atoms with Gasteiger partial charge in [0, 0.05) is 18.2 Å². The lowest BCUT2D eigenvalue weighted by Gasteiger charge is -2.15. The predicted octanol–water partition coefficient (Wildman–Crippen LogP) is 0.543. The summed E-state index contributed by atoms with van der Waals surface area (Å²) in [5.41, 5.74) is 1.50. The quantitative estimate of drug-likeness (QED) is 0.675. The second-order valence-electron chi connectivity index (χ2n) is 3.75. The number of carboxylic acid groups (broad SMARTS) is 1. The third-order valence-electron chi connectivity index (χ3n) is 2.76. The zero-order chi connectivity index (χ0) is 11.0. The molecule has 0 aliphatic carbocycles. The number of rotatable bonds is 1. The van der Waals surface area contributed by atoms with Crippen LogP contribution in [0.2, 0.25) is 6.32 Å². The molecular formula is C9H10BN3O2. The highest BCUT2D eigenvalue weighted by molar-refractivity contribution is 6.66. The fraction of sp³-hybridized carbons (Fsp3) is 0.444. The van der Waals surface area contributed by atoms with E-state index in [1.54, 1.807) is 11.6 Å². The maximum Gasteiger partial charge on any atom is 0.339 e. The molecule has 0 atom stereocenters. The molecule has 0 spiro atoms. The van der Waals surface area contributed by atoms with Gasteiger partial charge in [0.05, 0.1) is 5.69 Å². The molecule has 0 fully saturated rings. The van der Waals surface area contributed by atoms with Gasteiger partial charge in [-0.3, -0.25) is 4.68 Å². The van der Waals surface area contributed by atoms with Crippen LogP contribution in [0, 0.1) is 18.2 Å². The van der Waals surface area contributed by atoms with Crippen LogP contribution >= 0.6 is 0 Å². The van der Waals surface area contributed by atoms with E-state index in [1.165, 1.54) is 0 Å². The summed E-state index contributed by atoms with van der Waals surface area (Å²) in [4.78, 5) is 11.0. The van der Waals surface area contributed by atoms with Gasteiger partial charge >= 0.3 is 5.97 Å². The van der Waals surface area contributed by atoms with E-state index in [0.29, 0.717) is 24.3 Å². The normalized spacial score (nSPS) is 14.5. The molecule has 1 aromatic heterocycles. The highest BCUT2D eigenvalue weighted by Gasteiger charge is 2.29. The summed E-state index contributed by atoms with van der Waals surface area (Å²) in [7, 11) is 0. The number of nitriles is 1. The summed E-state index contributed by atoms with van der Waals surface area (Å²) in [5.74, 6) is 1.23. The third kappa shape index (κ3) is 1.50. The molecule has 0 radical (unpaired) electrons. The summed E-state index contributed by atoms with van der Waals surface area (Å²) < 4.78 is 1.71. The predicted molar refractivity (Wildman–Crippen MR) is 53.8 cm³/mol. The average molecular weight is 203 g/mol. The SMILES string of the molecule is Cc1nn2c(c1C(=O)O)CB(C#N)CC2. The molecule has 0 aromatic carbocycles. The van der Waals surface area contributed by atoms with Gasteiger partial charge in [-0.25, -0.2) is 10.1 Å². The Morgan fingerprint density at radius 1 is 1.73 bits per heavy atom. The molecule has 0 unspecified atom stereocenters. The summed E-state index contributed by atoms with van der Waals surface area (Å²) in [5, 5.41) is 22.0. The fourth-order valence-electron chi connectivity index (χ4n) is 2.02. The third-order valence-corrected chi connectivity index (χ3v) is 2.76. The molecule has 0 saturated carbocycles. The molecule has 0 amide bonds. The van der Waals surface area contributed by atoms with Crippen LogP contribution in [-0.4, -0.2) is 27.6 Å². The lowest BCUT2D eigenvalue weighted by Crippen LogP contribution is -2.27. The van der Waals surface area contributed by atoms with E-state index in [9.17, 15) is 4.79 Å². The van der Waals surface area contributed by atoms with Crippen LogP contribution in [0.15, 0.2) is 0 Å². The van der Waals surface area contributed by atoms with Crippen molar-refractivity contribution in [1.29, 1.82) is 5.26 Å². The van der Waals surface area contributed by atoms with Crippen LogP contribution < -0.4 is 0 Å². The maximum absolute atomic E-state index is 11.0. The van der Waals surface area contributed by atoms with Crippen molar-refractivity contribution in [3.05, 3.63) is 17.0 Å². The number of hydrogen-bond donors (Lipinski definition) is 1. The van der Waals surface area contributed by atoms with Gasteiger partial charge in [0.15, 0.2) is 0 Å². The molecule has 1 aliphatic rings. The lowest BCUT2D eigenvalue weighted by molar-refractivity contribution is 0.0695. The van der Waals surface area contributed by atoms with E-state index in [0.717, 1.165) is 6.32 Å². The first-order valence-electron chi connectivity index (χ1n) is 4.82. The van der Waals surface area contributed by atoms with Crippen molar-refractivity contribution in [3.8, 4) is 5.97 Å². The van der Waals surface area contributed by atoms with Gasteiger partial charge in [-0.1, -0.05) is 0 Å². The van der Waals surface area contributed by atoms with Crippen molar-refractivity contribution in [2.75, 3.05) is 0 Å². The monoisotopic (exact) mass is 203 g/mol. The molecule has 1 aliphatic heterocycles. The standard InChI is InChI=1S/C9H10BN3O2/c1-6-8(9(14)15)7-4-10(5-11)2-3-13(7)12-6/h2-4H2,1H3,(H,14,15). The van der Waals surface area contributed by atoms with E-state index < -0.39 is 5.97 Å². The molecule has 76 valence electrons. The summed E-state index contributed by atoms with van der Waals surface area (Å²) in [6, 6.07) is 0. The van der Waals surface area contributed by atoms with Crippen LogP contribution in [0.3, 0.4) is 0 Å². The first-order chi connectivity index (χ1) is 7.13. The van der Waals surface area contributed by atoms with Gasteiger partial charge < -0.3 is 5.11 Å². The second kappa shape index (κ2) is 3.42. The highest BCUT2D eigenvalue weighted by atomic mass is 16.4. The first-order valence-corrected chi connectivity index (χ1v) is 4.82. The minimum absolute atomic E-state index is 0.0771. The Morgan fingerprint density at radius 2 is 2.47 bits per heavy atom. The summed E-state index contributed by atoms with van der Waals surface area (Å²) in [6.45, 7) is 2.25. The Hall–Kier alpha value is -1.77. The van der Waals surface area contributed by atoms with Gasteiger partial charge in [0.2, 0.25) is 0 Å². The Kier molecular flexibility index (Phi) is 2.23. The van der Waals surface area contributed by atoms with Crippen LogP contribution in [0.4, 0.5) is 0 Å². The van der Waals surface area contributed by atoms with Gasteiger partial charge in [0.25, 0.3) is 6.71 Å². The maximum atomic E-state index is 11.0. The molecule has 2 heterocycles. The first kappa shape index (κ1) is 9.78. The molecule has 1 aromatic rings. The summed E-state index contributed by atoms with van der Waals surface area (Å²) in [6.07, 6.45) is 1.25. The lowest BCUT2D eigenvalue weighted by atomic mass is 9.45. The molecule has 1 N–H and O–H groups in total. The molecular weight excluding hydrogens is 193 g/mol. The number of hydrogen-bond acceptors (Lipinski definition) is 3. The van der Waals surface area contributed by atoms with Crippen molar-refractivity contribution in [2.45, 2.75) is 26.1 Å². The minimum atomic E-state index is -0.952. The molecule has 15 heavy (non-hydrogen) atoms. The number of aryl methyl sites for hydroxylation is 2. The van der Waals surface area contributed by atoms with E-state index >= 15 is 0 Å². The minimum Gasteiger partial charge on any atom is -0.478 e. The number of aromatic nitrogens is 2. The van der Waals surface area contributed by atoms with Crippen LogP contribution in [0.5, 0.6) is 0 Å². The zero-order valence-corrected chi connectivity index (χ0v) is 8.40. The van der Waals surface area contributed by atoms with Crippen molar-refractivity contribution in [1.82, 2.24) is 9.78 Å². The fourth-order valence-corrected chi connectivity index (χ4v) is 2.02. The smallest absolute Gasteiger partial charge is 0.339 e. The van der Waals surface area contributed by atoms with E-state index in [-0.39, 0.29) is 12.3 Å². The number of aromatic carboxylic acids is 1. The van der Waals surface area contributed by atoms with Gasteiger partial charge in [-0.15, -0.1) is 0 Å². The second-order valence-corrected chi connectivity index (χ2v) is 3.75. The van der Waals surface area contributed by atoms with Gasteiger partial charge in [-0.2, -0.15) is 5.10 Å². The number of fused-ring (bicyclic) bond motifs is 1. The Morgan fingerprint density at radius 3 is 3.07 bits per heavy atom. The van der Waals surface area contributed by atoms with Crippen molar-refractivity contribution >= 4 is 12.7 Å². The zero-order valence-electron chi connectivity index (χ0n) is 8.40. The van der Waals surface area contributed by atoms with Crippen LogP contribution in [-0.2, 0) is 12.9 Å². The molecule has 0 saturated heterocycles.